The Balaban J connectivity index is 1.76. The van der Waals surface area contributed by atoms with E-state index >= 15 is 0 Å². The molecule has 0 saturated carbocycles. The first-order valence-corrected chi connectivity index (χ1v) is 9.03. The molecule has 0 aromatic heterocycles. The second-order valence-corrected chi connectivity index (χ2v) is 9.47. The van der Waals surface area contributed by atoms with Crippen LogP contribution in [-0.2, 0) is 14.4 Å². The van der Waals surface area contributed by atoms with Crippen LogP contribution in [0.15, 0.2) is 0 Å². The Morgan fingerprint density at radius 2 is 1.62 bits per heavy atom. The molecule has 5 nitrogen and oxygen atoms in total. The molecule has 0 bridgehead atoms. The summed E-state index contributed by atoms with van der Waals surface area (Å²) in [5.41, 5.74) is 0.0457. The maximum atomic E-state index is 12.4. The van der Waals surface area contributed by atoms with E-state index in [1.165, 1.54) is 4.90 Å². The van der Waals surface area contributed by atoms with Gasteiger partial charge in [0.05, 0.1) is 5.92 Å². The first kappa shape index (κ1) is 18.9. The summed E-state index contributed by atoms with van der Waals surface area (Å²) in [5, 5.41) is 0. The van der Waals surface area contributed by atoms with E-state index in [0.29, 0.717) is 31.7 Å². The molecule has 0 aromatic rings. The lowest BCUT2D eigenvalue weighted by molar-refractivity contribution is -0.143. The lowest BCUT2D eigenvalue weighted by atomic mass is 9.76. The van der Waals surface area contributed by atoms with Crippen molar-refractivity contribution >= 4 is 17.7 Å². The van der Waals surface area contributed by atoms with Gasteiger partial charge in [0.2, 0.25) is 17.7 Å². The average Bonchev–Trinajstić information content (AvgIpc) is 2.62. The van der Waals surface area contributed by atoms with Crippen LogP contribution in [0.2, 0.25) is 0 Å². The van der Waals surface area contributed by atoms with Gasteiger partial charge >= 0.3 is 0 Å². The molecule has 5 heteroatoms. The van der Waals surface area contributed by atoms with Crippen LogP contribution >= 0.6 is 0 Å². The third-order valence-electron chi connectivity index (χ3n) is 5.52. The Morgan fingerprint density at radius 3 is 2.08 bits per heavy atom. The topological polar surface area (TPSA) is 57.7 Å². The maximum Gasteiger partial charge on any atom is 0.233 e. The van der Waals surface area contributed by atoms with Gasteiger partial charge in [-0.1, -0.05) is 41.5 Å². The Morgan fingerprint density at radius 1 is 1.04 bits per heavy atom. The van der Waals surface area contributed by atoms with Crippen molar-refractivity contribution in [3.8, 4) is 0 Å². The van der Waals surface area contributed by atoms with Crippen molar-refractivity contribution < 1.29 is 14.4 Å². The average molecular weight is 336 g/mol. The number of carbonyl (C=O) groups is 3. The molecule has 1 unspecified atom stereocenters. The van der Waals surface area contributed by atoms with Crippen molar-refractivity contribution in [1.29, 1.82) is 0 Å². The summed E-state index contributed by atoms with van der Waals surface area (Å²) in [7, 11) is 0. The second kappa shape index (κ2) is 6.49. The number of hydrogen-bond acceptors (Lipinski definition) is 3. The van der Waals surface area contributed by atoms with Gasteiger partial charge in [0.25, 0.3) is 0 Å². The van der Waals surface area contributed by atoms with Gasteiger partial charge in [0.15, 0.2) is 0 Å². The molecule has 136 valence electrons. The highest BCUT2D eigenvalue weighted by Crippen LogP contribution is 2.36. The van der Waals surface area contributed by atoms with Crippen molar-refractivity contribution in [3.63, 3.8) is 0 Å². The van der Waals surface area contributed by atoms with E-state index in [0.717, 1.165) is 13.1 Å². The number of likely N-dealkylation sites (tertiary alicyclic amines) is 2. The number of imide groups is 1. The Kier molecular flexibility index (Phi) is 5.12. The van der Waals surface area contributed by atoms with Crippen molar-refractivity contribution in [2.24, 2.45) is 22.7 Å². The Labute approximate surface area is 145 Å². The molecule has 2 fully saturated rings. The third kappa shape index (κ3) is 3.98. The van der Waals surface area contributed by atoms with Crippen molar-refractivity contribution in [1.82, 2.24) is 9.80 Å². The third-order valence-corrected chi connectivity index (χ3v) is 5.52. The van der Waals surface area contributed by atoms with Gasteiger partial charge in [-0.2, -0.15) is 0 Å². The van der Waals surface area contributed by atoms with Crippen LogP contribution in [0.3, 0.4) is 0 Å². The molecule has 0 spiro atoms. The predicted molar refractivity (Wildman–Crippen MR) is 93.0 cm³/mol. The Bertz CT molecular complexity index is 522. The summed E-state index contributed by atoms with van der Waals surface area (Å²) >= 11 is 0. The van der Waals surface area contributed by atoms with Crippen molar-refractivity contribution in [3.05, 3.63) is 0 Å². The van der Waals surface area contributed by atoms with E-state index in [2.05, 4.69) is 20.8 Å². The molecule has 24 heavy (non-hydrogen) atoms. The van der Waals surface area contributed by atoms with Crippen LogP contribution in [0.4, 0.5) is 0 Å². The summed E-state index contributed by atoms with van der Waals surface area (Å²) in [6.45, 7) is 14.6. The minimum absolute atomic E-state index is 0.0725. The van der Waals surface area contributed by atoms with Gasteiger partial charge in [0.1, 0.15) is 0 Å². The summed E-state index contributed by atoms with van der Waals surface area (Å²) in [6.07, 6.45) is 1.27. The lowest BCUT2D eigenvalue weighted by Crippen LogP contribution is -2.54. The highest BCUT2D eigenvalue weighted by molar-refractivity contribution is 6.03. The molecule has 2 rings (SSSR count). The zero-order chi connectivity index (χ0) is 18.3. The first-order valence-electron chi connectivity index (χ1n) is 9.03. The van der Waals surface area contributed by atoms with Gasteiger partial charge in [0, 0.05) is 32.5 Å². The van der Waals surface area contributed by atoms with Gasteiger partial charge in [-0.15, -0.1) is 0 Å². The Hall–Kier alpha value is -1.39. The molecule has 2 heterocycles. The van der Waals surface area contributed by atoms with E-state index in [1.807, 2.05) is 25.7 Å². The standard InChI is InChI=1S/C19H32N2O3/c1-18(2,3)13-11-20(12-13)15(22)8-7-9-21-16(23)10-14(17(21)24)19(4,5)6/h13-14H,7-12H2,1-6H3. The molecule has 2 aliphatic rings. The van der Waals surface area contributed by atoms with Crippen LogP contribution in [0, 0.1) is 22.7 Å². The fraction of sp³-hybridized carbons (Fsp3) is 0.842. The molecule has 0 aromatic carbocycles. The van der Waals surface area contributed by atoms with Gasteiger partial charge in [-0.05, 0) is 23.2 Å². The summed E-state index contributed by atoms with van der Waals surface area (Å²) in [5.74, 6) is 0.308. The van der Waals surface area contributed by atoms with Crippen LogP contribution in [0.25, 0.3) is 0 Å². The normalized spacial score (nSPS) is 23.0. The smallest absolute Gasteiger partial charge is 0.233 e. The molecular formula is C19H32N2O3. The minimum Gasteiger partial charge on any atom is -0.342 e. The molecule has 0 aliphatic carbocycles. The first-order chi connectivity index (χ1) is 10.9. The summed E-state index contributed by atoms with van der Waals surface area (Å²) in [4.78, 5) is 39.9. The molecule has 0 radical (unpaired) electrons. The van der Waals surface area contributed by atoms with Gasteiger partial charge in [-0.3, -0.25) is 19.3 Å². The monoisotopic (exact) mass is 336 g/mol. The highest BCUT2D eigenvalue weighted by atomic mass is 16.2. The summed E-state index contributed by atoms with van der Waals surface area (Å²) in [6, 6.07) is 0. The van der Waals surface area contributed by atoms with Gasteiger partial charge in [-0.25, -0.2) is 0 Å². The highest BCUT2D eigenvalue weighted by Gasteiger charge is 2.44. The SMILES string of the molecule is CC(C)(C)C1CN(C(=O)CCCN2C(=O)CC(C(C)(C)C)C2=O)C1. The van der Waals surface area contributed by atoms with Gasteiger partial charge < -0.3 is 4.90 Å². The zero-order valence-electron chi connectivity index (χ0n) is 16.0. The van der Waals surface area contributed by atoms with Crippen LogP contribution in [0.5, 0.6) is 0 Å². The number of rotatable bonds is 4. The van der Waals surface area contributed by atoms with Crippen LogP contribution < -0.4 is 0 Å². The molecule has 2 saturated heterocycles. The van der Waals surface area contributed by atoms with E-state index in [4.69, 9.17) is 0 Å². The molecule has 0 N–H and O–H groups in total. The van der Waals surface area contributed by atoms with E-state index in [-0.39, 0.29) is 34.5 Å². The number of amides is 3. The van der Waals surface area contributed by atoms with Crippen LogP contribution in [0.1, 0.15) is 60.8 Å². The number of carbonyl (C=O) groups excluding carboxylic acids is 3. The fourth-order valence-corrected chi connectivity index (χ4v) is 3.37. The maximum absolute atomic E-state index is 12.4. The van der Waals surface area contributed by atoms with E-state index < -0.39 is 0 Å². The van der Waals surface area contributed by atoms with E-state index in [1.54, 1.807) is 0 Å². The molecule has 1 atom stereocenters. The number of nitrogens with zero attached hydrogens (tertiary/aromatic N) is 2. The molecular weight excluding hydrogens is 304 g/mol. The minimum atomic E-state index is -0.233. The predicted octanol–water partition coefficient (Wildman–Crippen LogP) is 2.69. The van der Waals surface area contributed by atoms with Crippen molar-refractivity contribution in [2.45, 2.75) is 60.8 Å². The fourth-order valence-electron chi connectivity index (χ4n) is 3.37. The zero-order valence-corrected chi connectivity index (χ0v) is 16.0. The lowest BCUT2D eigenvalue weighted by Gasteiger charge is -2.46. The quantitative estimate of drug-likeness (QED) is 0.742. The molecule has 3 amide bonds. The number of hydrogen-bond donors (Lipinski definition) is 0. The largest absolute Gasteiger partial charge is 0.342 e. The van der Waals surface area contributed by atoms with E-state index in [9.17, 15) is 14.4 Å². The molecule has 2 aliphatic heterocycles. The van der Waals surface area contributed by atoms with Crippen LogP contribution in [-0.4, -0.2) is 47.2 Å². The van der Waals surface area contributed by atoms with Crippen molar-refractivity contribution in [2.75, 3.05) is 19.6 Å². The summed E-state index contributed by atoms with van der Waals surface area (Å²) < 4.78 is 0. The second-order valence-electron chi connectivity index (χ2n) is 9.47.